The molecule has 0 radical (unpaired) electrons. The van der Waals surface area contributed by atoms with Crippen LogP contribution in [0.5, 0.6) is 0 Å². The molecule has 138 valence electrons. The molecule has 1 aliphatic carbocycles. The van der Waals surface area contributed by atoms with Crippen LogP contribution in [0.4, 0.5) is 0 Å². The molecule has 3 rings (SSSR count). The maximum atomic E-state index is 12.8. The third-order valence-corrected chi connectivity index (χ3v) is 5.22. The van der Waals surface area contributed by atoms with Gasteiger partial charge in [0.25, 0.3) is 5.91 Å². The van der Waals surface area contributed by atoms with Crippen LogP contribution in [0.15, 0.2) is 22.8 Å². The maximum Gasteiger partial charge on any atom is 0.252 e. The zero-order valence-electron chi connectivity index (χ0n) is 14.7. The number of carbonyl (C=O) groups excluding carboxylic acids is 1. The summed E-state index contributed by atoms with van der Waals surface area (Å²) >= 11 is 3.44. The fourth-order valence-electron chi connectivity index (χ4n) is 3.44. The monoisotopic (exact) mass is 419 g/mol. The van der Waals surface area contributed by atoms with Crippen molar-refractivity contribution >= 4 is 32.7 Å². The molecular weight excluding hydrogens is 398 g/mol. The van der Waals surface area contributed by atoms with Gasteiger partial charge in [-0.1, -0.05) is 15.9 Å². The van der Waals surface area contributed by atoms with Crippen molar-refractivity contribution in [1.29, 1.82) is 5.26 Å². The minimum absolute atomic E-state index is 0.128. The van der Waals surface area contributed by atoms with Gasteiger partial charge < -0.3 is 19.8 Å². The van der Waals surface area contributed by atoms with E-state index in [4.69, 9.17) is 9.47 Å². The average molecular weight is 420 g/mol. The largest absolute Gasteiger partial charge is 0.382 e. The first kappa shape index (κ1) is 18.9. The third-order valence-electron chi connectivity index (χ3n) is 4.76. The van der Waals surface area contributed by atoms with E-state index < -0.39 is 0 Å². The highest BCUT2D eigenvalue weighted by atomic mass is 79.9. The molecule has 0 spiro atoms. The Bertz CT molecular complexity index is 819. The second kappa shape index (κ2) is 8.67. The molecule has 1 aliphatic rings. The molecule has 1 aromatic heterocycles. The lowest BCUT2D eigenvalue weighted by atomic mass is 9.92. The number of rotatable bonds is 6. The number of benzene rings is 1. The van der Waals surface area contributed by atoms with Crippen LogP contribution in [-0.2, 0) is 9.47 Å². The van der Waals surface area contributed by atoms with Gasteiger partial charge in [-0.15, -0.1) is 0 Å². The Balaban J connectivity index is 1.65. The topological polar surface area (TPSA) is 87.1 Å². The van der Waals surface area contributed by atoms with Gasteiger partial charge >= 0.3 is 0 Å². The molecule has 0 atom stereocenters. The number of ether oxygens (including phenoxy) is 2. The molecule has 1 saturated carbocycles. The number of nitrogens with one attached hydrogen (secondary N) is 2. The average Bonchev–Trinajstić information content (AvgIpc) is 3.05. The Morgan fingerprint density at radius 2 is 2.12 bits per heavy atom. The van der Waals surface area contributed by atoms with E-state index in [9.17, 15) is 10.1 Å². The number of fused-ring (bicyclic) bond motifs is 1. The van der Waals surface area contributed by atoms with Crippen LogP contribution in [0.3, 0.4) is 0 Å². The molecule has 1 aromatic carbocycles. The maximum absolute atomic E-state index is 12.8. The number of halogens is 1. The molecule has 0 unspecified atom stereocenters. The molecule has 1 amide bonds. The summed E-state index contributed by atoms with van der Waals surface area (Å²) < 4.78 is 11.6. The van der Waals surface area contributed by atoms with Crippen LogP contribution in [-0.4, -0.2) is 43.4 Å². The minimum atomic E-state index is -0.142. The SMILES string of the molecule is COCCOC1CCC(NC(=O)c2cc(Br)cc3[nH]cc(C#N)c23)CC1. The fourth-order valence-corrected chi connectivity index (χ4v) is 3.89. The van der Waals surface area contributed by atoms with Crippen LogP contribution in [0, 0.1) is 11.3 Å². The van der Waals surface area contributed by atoms with Crippen molar-refractivity contribution in [1.82, 2.24) is 10.3 Å². The predicted molar refractivity (Wildman–Crippen MR) is 102 cm³/mol. The molecule has 0 bridgehead atoms. The summed E-state index contributed by atoms with van der Waals surface area (Å²) in [5.74, 6) is -0.142. The van der Waals surface area contributed by atoms with E-state index in [0.717, 1.165) is 35.7 Å². The number of nitriles is 1. The Morgan fingerprint density at radius 1 is 1.35 bits per heavy atom. The summed E-state index contributed by atoms with van der Waals surface area (Å²) in [4.78, 5) is 15.9. The van der Waals surface area contributed by atoms with Crippen molar-refractivity contribution in [2.75, 3.05) is 20.3 Å². The van der Waals surface area contributed by atoms with Crippen molar-refractivity contribution in [2.24, 2.45) is 0 Å². The molecule has 1 fully saturated rings. The van der Waals surface area contributed by atoms with Gasteiger partial charge in [0.1, 0.15) is 6.07 Å². The summed E-state index contributed by atoms with van der Waals surface area (Å²) in [6, 6.07) is 5.91. The second-order valence-corrected chi connectivity index (χ2v) is 7.42. The van der Waals surface area contributed by atoms with Crippen LogP contribution in [0.25, 0.3) is 10.9 Å². The van der Waals surface area contributed by atoms with Gasteiger partial charge in [0, 0.05) is 34.7 Å². The number of amides is 1. The molecule has 1 heterocycles. The first-order valence-electron chi connectivity index (χ1n) is 8.74. The zero-order chi connectivity index (χ0) is 18.5. The number of hydrogen-bond acceptors (Lipinski definition) is 4. The van der Waals surface area contributed by atoms with Crippen molar-refractivity contribution in [3.63, 3.8) is 0 Å². The Labute approximate surface area is 161 Å². The minimum Gasteiger partial charge on any atom is -0.382 e. The Hall–Kier alpha value is -1.88. The summed E-state index contributed by atoms with van der Waals surface area (Å²) in [7, 11) is 1.66. The number of carbonyl (C=O) groups is 1. The first-order chi connectivity index (χ1) is 12.6. The van der Waals surface area contributed by atoms with Gasteiger partial charge in [-0.3, -0.25) is 4.79 Å². The number of methoxy groups -OCH3 is 1. The number of nitrogens with zero attached hydrogens (tertiary/aromatic N) is 1. The molecule has 2 aromatic rings. The highest BCUT2D eigenvalue weighted by molar-refractivity contribution is 9.10. The quantitative estimate of drug-likeness (QED) is 0.701. The van der Waals surface area contributed by atoms with E-state index in [-0.39, 0.29) is 18.1 Å². The van der Waals surface area contributed by atoms with Crippen LogP contribution in [0.2, 0.25) is 0 Å². The summed E-state index contributed by atoms with van der Waals surface area (Å²) in [5.41, 5.74) is 1.77. The molecular formula is C19H22BrN3O3. The summed E-state index contributed by atoms with van der Waals surface area (Å²) in [6.07, 6.45) is 5.51. The molecule has 7 heteroatoms. The van der Waals surface area contributed by atoms with E-state index >= 15 is 0 Å². The molecule has 2 N–H and O–H groups in total. The zero-order valence-corrected chi connectivity index (χ0v) is 16.3. The molecule has 0 saturated heterocycles. The van der Waals surface area contributed by atoms with E-state index in [1.54, 1.807) is 19.4 Å². The standard InChI is InChI=1S/C19H22BrN3O3/c1-25-6-7-26-15-4-2-14(3-5-15)23-19(24)16-8-13(20)9-17-18(16)12(10-21)11-22-17/h8-9,11,14-15,22H,2-7H2,1H3,(H,23,24). The predicted octanol–water partition coefficient (Wildman–Crippen LogP) is 3.51. The van der Waals surface area contributed by atoms with Gasteiger partial charge in [0.2, 0.25) is 0 Å². The Morgan fingerprint density at radius 3 is 2.81 bits per heavy atom. The number of aromatic nitrogens is 1. The van der Waals surface area contributed by atoms with Gasteiger partial charge in [-0.05, 0) is 37.8 Å². The highest BCUT2D eigenvalue weighted by Gasteiger charge is 2.24. The third kappa shape index (κ3) is 4.26. The van der Waals surface area contributed by atoms with E-state index in [1.807, 2.05) is 6.07 Å². The van der Waals surface area contributed by atoms with Crippen LogP contribution >= 0.6 is 15.9 Å². The van der Waals surface area contributed by atoms with Gasteiger partial charge in [0.15, 0.2) is 0 Å². The Kier molecular flexibility index (Phi) is 6.30. The van der Waals surface area contributed by atoms with E-state index in [0.29, 0.717) is 29.7 Å². The number of aromatic amines is 1. The smallest absolute Gasteiger partial charge is 0.252 e. The lowest BCUT2D eigenvalue weighted by molar-refractivity contribution is -0.00408. The summed E-state index contributed by atoms with van der Waals surface area (Å²) in [6.45, 7) is 1.21. The van der Waals surface area contributed by atoms with Crippen LogP contribution < -0.4 is 5.32 Å². The number of H-pyrrole nitrogens is 1. The van der Waals surface area contributed by atoms with E-state index in [2.05, 4.69) is 32.3 Å². The summed E-state index contributed by atoms with van der Waals surface area (Å²) in [5, 5.41) is 13.1. The lowest BCUT2D eigenvalue weighted by Gasteiger charge is -2.29. The number of hydrogen-bond donors (Lipinski definition) is 2. The van der Waals surface area contributed by atoms with E-state index in [1.165, 1.54) is 0 Å². The van der Waals surface area contributed by atoms with Crippen LogP contribution in [0.1, 0.15) is 41.6 Å². The van der Waals surface area contributed by atoms with Gasteiger partial charge in [-0.25, -0.2) is 0 Å². The molecule has 0 aliphatic heterocycles. The lowest BCUT2D eigenvalue weighted by Crippen LogP contribution is -2.39. The molecule has 26 heavy (non-hydrogen) atoms. The van der Waals surface area contributed by atoms with Crippen molar-refractivity contribution in [2.45, 2.75) is 37.8 Å². The van der Waals surface area contributed by atoms with Gasteiger partial charge in [-0.2, -0.15) is 5.26 Å². The van der Waals surface area contributed by atoms with Crippen molar-refractivity contribution in [3.8, 4) is 6.07 Å². The molecule has 6 nitrogen and oxygen atoms in total. The second-order valence-electron chi connectivity index (χ2n) is 6.50. The van der Waals surface area contributed by atoms with Crippen molar-refractivity contribution in [3.05, 3.63) is 33.9 Å². The highest BCUT2D eigenvalue weighted by Crippen LogP contribution is 2.28. The van der Waals surface area contributed by atoms with Crippen molar-refractivity contribution < 1.29 is 14.3 Å². The first-order valence-corrected chi connectivity index (χ1v) is 9.53. The normalized spacial score (nSPS) is 20.0. The van der Waals surface area contributed by atoms with Gasteiger partial charge in [0.05, 0.1) is 30.4 Å². The fraction of sp³-hybridized carbons (Fsp3) is 0.474.